The van der Waals surface area contributed by atoms with Gasteiger partial charge in [0.05, 0.1) is 18.0 Å². The van der Waals surface area contributed by atoms with Gasteiger partial charge in [-0.05, 0) is 18.6 Å². The van der Waals surface area contributed by atoms with Gasteiger partial charge in [0.2, 0.25) is 0 Å². The van der Waals surface area contributed by atoms with Crippen molar-refractivity contribution in [3.8, 4) is 5.75 Å². The molecule has 0 unspecified atom stereocenters. The summed E-state index contributed by atoms with van der Waals surface area (Å²) in [6, 6.07) is 5.40. The quantitative estimate of drug-likeness (QED) is 0.601. The maximum absolute atomic E-state index is 5.70. The number of nitrogen functional groups attached to an aromatic ring is 2. The number of rotatable bonds is 4. The van der Waals surface area contributed by atoms with Gasteiger partial charge in [-0.3, -0.25) is 0 Å². The van der Waals surface area contributed by atoms with Gasteiger partial charge in [0.1, 0.15) is 0 Å². The predicted molar refractivity (Wildman–Crippen MR) is 62.9 cm³/mol. The van der Waals surface area contributed by atoms with Gasteiger partial charge in [-0.1, -0.05) is 19.4 Å². The van der Waals surface area contributed by atoms with Crippen LogP contribution in [0, 0.1) is 0 Å². The lowest BCUT2D eigenvalue weighted by Crippen LogP contribution is -2.02. The number of benzene rings is 1. The molecule has 1 aromatic rings. The molecular formula is C10H17ClN2O. The Balaban J connectivity index is 0.00000169. The Morgan fingerprint density at radius 1 is 1.21 bits per heavy atom. The number of para-hydroxylation sites is 1. The van der Waals surface area contributed by atoms with Crippen molar-refractivity contribution in [1.29, 1.82) is 0 Å². The molecule has 0 aliphatic heterocycles. The van der Waals surface area contributed by atoms with Crippen LogP contribution in [-0.2, 0) is 0 Å². The molecule has 0 amide bonds. The maximum atomic E-state index is 5.70. The Bertz CT molecular complexity index is 259. The van der Waals surface area contributed by atoms with Crippen molar-refractivity contribution in [2.45, 2.75) is 19.8 Å². The highest BCUT2D eigenvalue weighted by Crippen LogP contribution is 2.28. The van der Waals surface area contributed by atoms with E-state index in [1.54, 1.807) is 12.1 Å². The summed E-state index contributed by atoms with van der Waals surface area (Å²) < 4.78 is 5.46. The first-order chi connectivity index (χ1) is 6.25. The van der Waals surface area contributed by atoms with Gasteiger partial charge < -0.3 is 16.2 Å². The largest absolute Gasteiger partial charge is 0.489 e. The lowest BCUT2D eigenvalue weighted by Gasteiger charge is -2.10. The Morgan fingerprint density at radius 2 is 1.79 bits per heavy atom. The van der Waals surface area contributed by atoms with E-state index in [1.165, 1.54) is 0 Å². The van der Waals surface area contributed by atoms with Gasteiger partial charge in [0.15, 0.2) is 5.75 Å². The molecule has 0 atom stereocenters. The monoisotopic (exact) mass is 216 g/mol. The van der Waals surface area contributed by atoms with Crippen molar-refractivity contribution >= 4 is 23.8 Å². The van der Waals surface area contributed by atoms with E-state index in [4.69, 9.17) is 16.2 Å². The van der Waals surface area contributed by atoms with Gasteiger partial charge in [-0.15, -0.1) is 12.4 Å². The minimum atomic E-state index is 0. The Labute approximate surface area is 90.8 Å². The number of hydrogen-bond acceptors (Lipinski definition) is 3. The van der Waals surface area contributed by atoms with Crippen molar-refractivity contribution in [3.05, 3.63) is 18.2 Å². The van der Waals surface area contributed by atoms with E-state index in [-0.39, 0.29) is 12.4 Å². The van der Waals surface area contributed by atoms with Gasteiger partial charge in [-0.25, -0.2) is 0 Å². The van der Waals surface area contributed by atoms with Crippen molar-refractivity contribution in [2.75, 3.05) is 18.1 Å². The number of unbranched alkanes of at least 4 members (excludes halogenated alkanes) is 1. The molecule has 4 N–H and O–H groups in total. The standard InChI is InChI=1S/C10H16N2O.ClH/c1-2-3-7-13-10-8(11)5-4-6-9(10)12;/h4-6H,2-3,7,11-12H2,1H3;1H. The molecule has 4 heteroatoms. The first-order valence-electron chi connectivity index (χ1n) is 4.52. The molecular weight excluding hydrogens is 200 g/mol. The van der Waals surface area contributed by atoms with Crippen LogP contribution in [-0.4, -0.2) is 6.61 Å². The lowest BCUT2D eigenvalue weighted by atomic mass is 10.2. The van der Waals surface area contributed by atoms with E-state index in [9.17, 15) is 0 Å². The smallest absolute Gasteiger partial charge is 0.165 e. The lowest BCUT2D eigenvalue weighted by molar-refractivity contribution is 0.312. The molecule has 0 bridgehead atoms. The molecule has 0 spiro atoms. The minimum Gasteiger partial charge on any atom is -0.489 e. The summed E-state index contributed by atoms with van der Waals surface area (Å²) in [7, 11) is 0. The van der Waals surface area contributed by atoms with Crippen LogP contribution in [0.4, 0.5) is 11.4 Å². The second kappa shape index (κ2) is 6.38. The summed E-state index contributed by atoms with van der Waals surface area (Å²) in [6.07, 6.45) is 2.13. The number of halogens is 1. The molecule has 1 aromatic carbocycles. The van der Waals surface area contributed by atoms with Crippen molar-refractivity contribution in [1.82, 2.24) is 0 Å². The summed E-state index contributed by atoms with van der Waals surface area (Å²) in [5.74, 6) is 0.621. The van der Waals surface area contributed by atoms with E-state index in [1.807, 2.05) is 6.07 Å². The normalized spacial score (nSPS) is 9.21. The average molecular weight is 217 g/mol. The minimum absolute atomic E-state index is 0. The third-order valence-corrected chi connectivity index (χ3v) is 1.82. The molecule has 0 fully saturated rings. The summed E-state index contributed by atoms with van der Waals surface area (Å²) in [5.41, 5.74) is 12.6. The van der Waals surface area contributed by atoms with Crippen molar-refractivity contribution < 1.29 is 4.74 Å². The van der Waals surface area contributed by atoms with Gasteiger partial charge in [-0.2, -0.15) is 0 Å². The van der Waals surface area contributed by atoms with Crippen LogP contribution in [0.3, 0.4) is 0 Å². The number of hydrogen-bond donors (Lipinski definition) is 2. The first-order valence-corrected chi connectivity index (χ1v) is 4.52. The van der Waals surface area contributed by atoms with Crippen molar-refractivity contribution in [3.63, 3.8) is 0 Å². The zero-order chi connectivity index (χ0) is 9.68. The second-order valence-corrected chi connectivity index (χ2v) is 2.97. The van der Waals surface area contributed by atoms with E-state index in [0.717, 1.165) is 12.8 Å². The molecule has 0 aromatic heterocycles. The van der Waals surface area contributed by atoms with E-state index in [0.29, 0.717) is 23.7 Å². The fraction of sp³-hybridized carbons (Fsp3) is 0.400. The second-order valence-electron chi connectivity index (χ2n) is 2.97. The molecule has 1 rings (SSSR count). The molecule has 80 valence electrons. The van der Waals surface area contributed by atoms with Crippen molar-refractivity contribution in [2.24, 2.45) is 0 Å². The molecule has 3 nitrogen and oxygen atoms in total. The van der Waals surface area contributed by atoms with Crippen LogP contribution < -0.4 is 16.2 Å². The van der Waals surface area contributed by atoms with Gasteiger partial charge in [0, 0.05) is 0 Å². The highest BCUT2D eigenvalue weighted by Gasteiger charge is 2.03. The number of ether oxygens (including phenoxy) is 1. The fourth-order valence-corrected chi connectivity index (χ4v) is 1.06. The Hall–Kier alpha value is -1.09. The van der Waals surface area contributed by atoms with E-state index < -0.39 is 0 Å². The Morgan fingerprint density at radius 3 is 2.29 bits per heavy atom. The molecule has 0 aliphatic carbocycles. The highest BCUT2D eigenvalue weighted by atomic mass is 35.5. The molecule has 0 aliphatic rings. The van der Waals surface area contributed by atoms with Crippen LogP contribution in [0.15, 0.2) is 18.2 Å². The molecule has 0 radical (unpaired) electrons. The Kier molecular flexibility index (Phi) is 5.88. The third-order valence-electron chi connectivity index (χ3n) is 1.82. The average Bonchev–Trinajstić information content (AvgIpc) is 2.10. The van der Waals surface area contributed by atoms with Crippen LogP contribution in [0.1, 0.15) is 19.8 Å². The highest BCUT2D eigenvalue weighted by molar-refractivity contribution is 5.85. The van der Waals surface area contributed by atoms with Gasteiger partial charge >= 0.3 is 0 Å². The fourth-order valence-electron chi connectivity index (χ4n) is 1.06. The van der Waals surface area contributed by atoms with Crippen LogP contribution in [0.25, 0.3) is 0 Å². The zero-order valence-electron chi connectivity index (χ0n) is 8.32. The first kappa shape index (κ1) is 12.9. The number of nitrogens with two attached hydrogens (primary N) is 2. The topological polar surface area (TPSA) is 61.3 Å². The predicted octanol–water partition coefficient (Wildman–Crippen LogP) is 2.45. The molecule has 0 saturated carbocycles. The third kappa shape index (κ3) is 3.34. The molecule has 0 saturated heterocycles. The SMILES string of the molecule is CCCCOc1c(N)cccc1N.Cl. The summed E-state index contributed by atoms with van der Waals surface area (Å²) in [4.78, 5) is 0. The summed E-state index contributed by atoms with van der Waals surface area (Å²) in [5, 5.41) is 0. The van der Waals surface area contributed by atoms with Crippen LogP contribution in [0.5, 0.6) is 5.75 Å². The van der Waals surface area contributed by atoms with E-state index >= 15 is 0 Å². The summed E-state index contributed by atoms with van der Waals surface area (Å²) >= 11 is 0. The summed E-state index contributed by atoms with van der Waals surface area (Å²) in [6.45, 7) is 2.79. The van der Waals surface area contributed by atoms with Gasteiger partial charge in [0.25, 0.3) is 0 Å². The molecule has 14 heavy (non-hydrogen) atoms. The molecule has 0 heterocycles. The van der Waals surface area contributed by atoms with Crippen LogP contribution >= 0.6 is 12.4 Å². The van der Waals surface area contributed by atoms with Crippen LogP contribution in [0.2, 0.25) is 0 Å². The van der Waals surface area contributed by atoms with E-state index in [2.05, 4.69) is 6.92 Å². The maximum Gasteiger partial charge on any atom is 0.165 e. The zero-order valence-corrected chi connectivity index (χ0v) is 9.14. The number of anilines is 2.